The summed E-state index contributed by atoms with van der Waals surface area (Å²) in [5.41, 5.74) is -0.889. The van der Waals surface area contributed by atoms with Crippen LogP contribution in [-0.4, -0.2) is 54.7 Å². The first-order chi connectivity index (χ1) is 8.49. The molecule has 1 heterocycles. The largest absolute Gasteiger partial charge is 0.481 e. The first kappa shape index (κ1) is 14.8. The molecule has 1 aliphatic heterocycles. The highest BCUT2D eigenvalue weighted by Crippen LogP contribution is 2.19. The molecule has 0 aromatic rings. The first-order valence-electron chi connectivity index (χ1n) is 6.46. The van der Waals surface area contributed by atoms with Gasteiger partial charge < -0.3 is 20.6 Å². The lowest BCUT2D eigenvalue weighted by Crippen LogP contribution is -2.47. The van der Waals surface area contributed by atoms with Gasteiger partial charge in [0.1, 0.15) is 0 Å². The SMILES string of the molecule is CCC(C)(CNC(=O)N1CCCNCC1)C(=O)O. The van der Waals surface area contributed by atoms with Crippen LogP contribution in [0, 0.1) is 5.41 Å². The summed E-state index contributed by atoms with van der Waals surface area (Å²) in [6.45, 7) is 6.73. The van der Waals surface area contributed by atoms with Gasteiger partial charge in [0.2, 0.25) is 0 Å². The molecular weight excluding hydrogens is 234 g/mol. The average Bonchev–Trinajstić information content (AvgIpc) is 2.64. The van der Waals surface area contributed by atoms with Crippen LogP contribution in [0.3, 0.4) is 0 Å². The van der Waals surface area contributed by atoms with Crippen LogP contribution in [0.25, 0.3) is 0 Å². The van der Waals surface area contributed by atoms with E-state index < -0.39 is 11.4 Å². The molecule has 6 nitrogen and oxygen atoms in total. The molecule has 1 atom stereocenters. The normalized spacial score (nSPS) is 19.8. The third kappa shape index (κ3) is 3.87. The van der Waals surface area contributed by atoms with Crippen molar-refractivity contribution in [2.45, 2.75) is 26.7 Å². The highest BCUT2D eigenvalue weighted by atomic mass is 16.4. The standard InChI is InChI=1S/C12H23N3O3/c1-3-12(2,10(16)17)9-14-11(18)15-7-4-5-13-6-8-15/h13H,3-9H2,1-2H3,(H,14,18)(H,16,17). The number of nitrogens with zero attached hydrogens (tertiary/aromatic N) is 1. The molecule has 3 N–H and O–H groups in total. The molecule has 1 fully saturated rings. The molecule has 2 amide bonds. The fraction of sp³-hybridized carbons (Fsp3) is 0.833. The maximum absolute atomic E-state index is 11.9. The summed E-state index contributed by atoms with van der Waals surface area (Å²) in [6.07, 6.45) is 1.42. The summed E-state index contributed by atoms with van der Waals surface area (Å²) < 4.78 is 0. The monoisotopic (exact) mass is 257 g/mol. The van der Waals surface area contributed by atoms with E-state index in [2.05, 4.69) is 10.6 Å². The number of carboxylic acids is 1. The quantitative estimate of drug-likeness (QED) is 0.684. The van der Waals surface area contributed by atoms with Crippen molar-refractivity contribution in [2.75, 3.05) is 32.7 Å². The van der Waals surface area contributed by atoms with Crippen molar-refractivity contribution in [1.29, 1.82) is 0 Å². The number of carbonyl (C=O) groups is 2. The third-order valence-corrected chi connectivity index (χ3v) is 3.55. The number of hydrogen-bond donors (Lipinski definition) is 3. The molecule has 0 spiro atoms. The molecule has 0 aliphatic carbocycles. The summed E-state index contributed by atoms with van der Waals surface area (Å²) in [5, 5.41) is 15.1. The Morgan fingerprint density at radius 2 is 2.11 bits per heavy atom. The molecule has 1 aliphatic rings. The van der Waals surface area contributed by atoms with Gasteiger partial charge in [-0.1, -0.05) is 6.92 Å². The molecule has 0 radical (unpaired) electrons. The number of carboxylic acid groups (broad SMARTS) is 1. The summed E-state index contributed by atoms with van der Waals surface area (Å²) in [4.78, 5) is 24.8. The van der Waals surface area contributed by atoms with E-state index in [0.29, 0.717) is 13.0 Å². The van der Waals surface area contributed by atoms with E-state index in [0.717, 1.165) is 26.1 Å². The smallest absolute Gasteiger partial charge is 0.317 e. The number of nitrogens with one attached hydrogen (secondary N) is 2. The van der Waals surface area contributed by atoms with E-state index in [9.17, 15) is 9.59 Å². The highest BCUT2D eigenvalue weighted by Gasteiger charge is 2.32. The van der Waals surface area contributed by atoms with Gasteiger partial charge in [-0.25, -0.2) is 4.79 Å². The number of hydrogen-bond acceptors (Lipinski definition) is 3. The Labute approximate surface area is 108 Å². The van der Waals surface area contributed by atoms with Gasteiger partial charge in [-0.3, -0.25) is 4.79 Å². The van der Waals surface area contributed by atoms with Gasteiger partial charge >= 0.3 is 12.0 Å². The van der Waals surface area contributed by atoms with Gasteiger partial charge in [0.05, 0.1) is 5.41 Å². The minimum absolute atomic E-state index is 0.167. The minimum Gasteiger partial charge on any atom is -0.481 e. The Balaban J connectivity index is 2.46. The molecule has 1 saturated heterocycles. The van der Waals surface area contributed by atoms with Crippen LogP contribution in [0.2, 0.25) is 0 Å². The zero-order valence-corrected chi connectivity index (χ0v) is 11.2. The van der Waals surface area contributed by atoms with E-state index in [1.165, 1.54) is 0 Å². The van der Waals surface area contributed by atoms with Gasteiger partial charge in [-0.05, 0) is 26.3 Å². The highest BCUT2D eigenvalue weighted by molar-refractivity contribution is 5.77. The minimum atomic E-state index is -0.889. The van der Waals surface area contributed by atoms with Gasteiger partial charge in [0.15, 0.2) is 0 Å². The number of carbonyl (C=O) groups excluding carboxylic acids is 1. The van der Waals surface area contributed by atoms with Crippen molar-refractivity contribution in [3.63, 3.8) is 0 Å². The lowest BCUT2D eigenvalue weighted by Gasteiger charge is -2.26. The second kappa shape index (κ2) is 6.58. The zero-order chi connectivity index (χ0) is 13.6. The summed E-state index contributed by atoms with van der Waals surface area (Å²) in [7, 11) is 0. The molecule has 0 aromatic carbocycles. The van der Waals surface area contributed by atoms with E-state index in [-0.39, 0.29) is 12.6 Å². The van der Waals surface area contributed by atoms with Crippen LogP contribution in [0.5, 0.6) is 0 Å². The topological polar surface area (TPSA) is 81.7 Å². The van der Waals surface area contributed by atoms with E-state index >= 15 is 0 Å². The maximum atomic E-state index is 11.9. The lowest BCUT2D eigenvalue weighted by molar-refractivity contribution is -0.147. The molecule has 6 heteroatoms. The lowest BCUT2D eigenvalue weighted by atomic mass is 9.88. The first-order valence-corrected chi connectivity index (χ1v) is 6.46. The van der Waals surface area contributed by atoms with Crippen LogP contribution in [-0.2, 0) is 4.79 Å². The Morgan fingerprint density at radius 3 is 2.72 bits per heavy atom. The summed E-state index contributed by atoms with van der Waals surface area (Å²) in [5.74, 6) is -0.872. The molecule has 0 bridgehead atoms. The van der Waals surface area contributed by atoms with Crippen LogP contribution in [0.1, 0.15) is 26.7 Å². The van der Waals surface area contributed by atoms with Crippen LogP contribution >= 0.6 is 0 Å². The average molecular weight is 257 g/mol. The molecule has 0 saturated carbocycles. The predicted molar refractivity (Wildman–Crippen MR) is 68.5 cm³/mol. The van der Waals surface area contributed by atoms with Gasteiger partial charge in [0, 0.05) is 26.2 Å². The number of urea groups is 1. The Bertz CT molecular complexity index is 301. The second-order valence-electron chi connectivity index (χ2n) is 4.97. The molecule has 104 valence electrons. The van der Waals surface area contributed by atoms with Crippen molar-refractivity contribution >= 4 is 12.0 Å². The number of rotatable bonds is 4. The van der Waals surface area contributed by atoms with Gasteiger partial charge in [-0.2, -0.15) is 0 Å². The van der Waals surface area contributed by atoms with Crippen molar-refractivity contribution in [2.24, 2.45) is 5.41 Å². The van der Waals surface area contributed by atoms with Crippen molar-refractivity contribution in [3.05, 3.63) is 0 Å². The summed E-state index contributed by atoms with van der Waals surface area (Å²) in [6, 6.07) is -0.167. The van der Waals surface area contributed by atoms with Crippen LogP contribution < -0.4 is 10.6 Å². The molecule has 18 heavy (non-hydrogen) atoms. The van der Waals surface area contributed by atoms with Crippen LogP contribution in [0.4, 0.5) is 4.79 Å². The Morgan fingerprint density at radius 1 is 1.39 bits per heavy atom. The fourth-order valence-corrected chi connectivity index (χ4v) is 1.78. The number of aliphatic carboxylic acids is 1. The van der Waals surface area contributed by atoms with E-state index in [4.69, 9.17) is 5.11 Å². The molecular formula is C12H23N3O3. The van der Waals surface area contributed by atoms with Crippen molar-refractivity contribution < 1.29 is 14.7 Å². The van der Waals surface area contributed by atoms with Gasteiger partial charge in [0.25, 0.3) is 0 Å². The van der Waals surface area contributed by atoms with Crippen LogP contribution in [0.15, 0.2) is 0 Å². The Hall–Kier alpha value is -1.30. The maximum Gasteiger partial charge on any atom is 0.317 e. The third-order valence-electron chi connectivity index (χ3n) is 3.55. The van der Waals surface area contributed by atoms with Crippen molar-refractivity contribution in [1.82, 2.24) is 15.5 Å². The number of amides is 2. The predicted octanol–water partition coefficient (Wildman–Crippen LogP) is 0.492. The zero-order valence-electron chi connectivity index (χ0n) is 11.2. The second-order valence-corrected chi connectivity index (χ2v) is 4.97. The molecule has 0 aromatic heterocycles. The molecule has 1 rings (SSSR count). The van der Waals surface area contributed by atoms with E-state index in [1.807, 2.05) is 6.92 Å². The van der Waals surface area contributed by atoms with Crippen molar-refractivity contribution in [3.8, 4) is 0 Å². The summed E-state index contributed by atoms with van der Waals surface area (Å²) >= 11 is 0. The Kier molecular flexibility index (Phi) is 5.40. The fourth-order valence-electron chi connectivity index (χ4n) is 1.78. The van der Waals surface area contributed by atoms with E-state index in [1.54, 1.807) is 11.8 Å². The van der Waals surface area contributed by atoms with Gasteiger partial charge in [-0.15, -0.1) is 0 Å². The molecule has 1 unspecified atom stereocenters.